The second-order valence-corrected chi connectivity index (χ2v) is 7.32. The monoisotopic (exact) mass is 304 g/mol. The third kappa shape index (κ3) is 4.31. The average Bonchev–Trinajstić information content (AvgIpc) is 2.41. The van der Waals surface area contributed by atoms with Crippen molar-refractivity contribution in [2.45, 2.75) is 19.2 Å². The summed E-state index contributed by atoms with van der Waals surface area (Å²) < 4.78 is 26.1. The fourth-order valence-corrected chi connectivity index (χ4v) is 3.22. The molecular weight excluding hydrogens is 284 g/mol. The van der Waals surface area contributed by atoms with Gasteiger partial charge in [-0.1, -0.05) is 42.0 Å². The van der Waals surface area contributed by atoms with Crippen molar-refractivity contribution in [1.29, 1.82) is 0 Å². The minimum absolute atomic E-state index is 0.0413. The van der Waals surface area contributed by atoms with Crippen molar-refractivity contribution in [3.05, 3.63) is 65.2 Å². The Morgan fingerprint density at radius 2 is 1.71 bits per heavy atom. The Hall–Kier alpha value is -1.85. The van der Waals surface area contributed by atoms with Crippen LogP contribution < -0.4 is 5.73 Å². The maximum Gasteiger partial charge on any atom is 0.218 e. The second kappa shape index (κ2) is 6.28. The normalized spacial score (nSPS) is 11.8. The summed E-state index contributed by atoms with van der Waals surface area (Å²) in [5.41, 5.74) is 9.08. The molecule has 0 unspecified atom stereocenters. The third-order valence-corrected chi connectivity index (χ3v) is 5.08. The van der Waals surface area contributed by atoms with Crippen LogP contribution in [-0.2, 0) is 22.3 Å². The fourth-order valence-electron chi connectivity index (χ4n) is 2.05. The van der Waals surface area contributed by atoms with Crippen molar-refractivity contribution in [2.75, 3.05) is 12.8 Å². The SMILES string of the molecule is Cc1ccc(CN(C)S(=O)(=O)Cc2cccc(N)c2)cc1. The van der Waals surface area contributed by atoms with E-state index in [0.717, 1.165) is 11.1 Å². The Morgan fingerprint density at radius 3 is 2.33 bits per heavy atom. The molecule has 4 nitrogen and oxygen atoms in total. The van der Waals surface area contributed by atoms with Gasteiger partial charge in [-0.3, -0.25) is 0 Å². The number of benzene rings is 2. The summed E-state index contributed by atoms with van der Waals surface area (Å²) in [6, 6.07) is 14.8. The first-order valence-corrected chi connectivity index (χ1v) is 8.32. The highest BCUT2D eigenvalue weighted by molar-refractivity contribution is 7.88. The van der Waals surface area contributed by atoms with E-state index in [2.05, 4.69) is 0 Å². The van der Waals surface area contributed by atoms with Gasteiger partial charge in [-0.05, 0) is 30.2 Å². The molecular formula is C16H20N2O2S. The van der Waals surface area contributed by atoms with Gasteiger partial charge in [0.15, 0.2) is 0 Å². The van der Waals surface area contributed by atoms with Crippen molar-refractivity contribution in [2.24, 2.45) is 0 Å². The Kier molecular flexibility index (Phi) is 4.65. The third-order valence-electron chi connectivity index (χ3n) is 3.30. The van der Waals surface area contributed by atoms with Crippen molar-refractivity contribution in [3.8, 4) is 0 Å². The van der Waals surface area contributed by atoms with Gasteiger partial charge in [0.1, 0.15) is 0 Å². The molecule has 2 rings (SSSR count). The molecule has 0 aliphatic rings. The molecule has 0 saturated heterocycles. The summed E-state index contributed by atoms with van der Waals surface area (Å²) in [5, 5.41) is 0. The zero-order valence-corrected chi connectivity index (χ0v) is 13.1. The highest BCUT2D eigenvalue weighted by atomic mass is 32.2. The smallest absolute Gasteiger partial charge is 0.218 e. The molecule has 112 valence electrons. The molecule has 0 fully saturated rings. The van der Waals surface area contributed by atoms with Gasteiger partial charge in [0, 0.05) is 19.3 Å². The van der Waals surface area contributed by atoms with Gasteiger partial charge in [0.25, 0.3) is 0 Å². The lowest BCUT2D eigenvalue weighted by atomic mass is 10.1. The van der Waals surface area contributed by atoms with Crippen LogP contribution in [0.5, 0.6) is 0 Å². The number of hydrogen-bond donors (Lipinski definition) is 1. The number of rotatable bonds is 5. The lowest BCUT2D eigenvalue weighted by molar-refractivity contribution is 0.466. The summed E-state index contributed by atoms with van der Waals surface area (Å²) in [6.45, 7) is 2.37. The molecule has 5 heteroatoms. The van der Waals surface area contributed by atoms with E-state index in [9.17, 15) is 8.42 Å². The Bertz CT molecular complexity index is 709. The number of nitrogens with zero attached hydrogens (tertiary/aromatic N) is 1. The molecule has 0 spiro atoms. The van der Waals surface area contributed by atoms with E-state index in [1.165, 1.54) is 4.31 Å². The van der Waals surface area contributed by atoms with Crippen LogP contribution >= 0.6 is 0 Å². The quantitative estimate of drug-likeness (QED) is 0.863. The van der Waals surface area contributed by atoms with Gasteiger partial charge in [-0.25, -0.2) is 12.7 Å². The van der Waals surface area contributed by atoms with E-state index in [4.69, 9.17) is 5.73 Å². The van der Waals surface area contributed by atoms with Gasteiger partial charge in [0.05, 0.1) is 5.75 Å². The van der Waals surface area contributed by atoms with Crippen LogP contribution in [0.4, 0.5) is 5.69 Å². The predicted molar refractivity (Wildman–Crippen MR) is 86.1 cm³/mol. The minimum atomic E-state index is -3.36. The van der Waals surface area contributed by atoms with Crippen LogP contribution in [0.2, 0.25) is 0 Å². The molecule has 0 amide bonds. The number of hydrogen-bond acceptors (Lipinski definition) is 3. The number of nitrogens with two attached hydrogens (primary N) is 1. The summed E-state index contributed by atoms with van der Waals surface area (Å²) >= 11 is 0. The maximum atomic E-state index is 12.4. The molecule has 0 radical (unpaired) electrons. The summed E-state index contributed by atoms with van der Waals surface area (Å²) in [6.07, 6.45) is 0. The van der Waals surface area contributed by atoms with E-state index in [-0.39, 0.29) is 5.75 Å². The topological polar surface area (TPSA) is 63.4 Å². The van der Waals surface area contributed by atoms with Gasteiger partial charge < -0.3 is 5.73 Å². The lowest BCUT2D eigenvalue weighted by Crippen LogP contribution is -2.27. The zero-order valence-electron chi connectivity index (χ0n) is 12.3. The Labute approximate surface area is 126 Å². The van der Waals surface area contributed by atoms with E-state index >= 15 is 0 Å². The van der Waals surface area contributed by atoms with Crippen LogP contribution in [0.15, 0.2) is 48.5 Å². The zero-order chi connectivity index (χ0) is 15.5. The van der Waals surface area contributed by atoms with Crippen molar-refractivity contribution in [1.82, 2.24) is 4.31 Å². The molecule has 2 aromatic carbocycles. The molecule has 0 bridgehead atoms. The minimum Gasteiger partial charge on any atom is -0.399 e. The average molecular weight is 304 g/mol. The lowest BCUT2D eigenvalue weighted by Gasteiger charge is -2.17. The van der Waals surface area contributed by atoms with Crippen LogP contribution in [0, 0.1) is 6.92 Å². The molecule has 0 heterocycles. The highest BCUT2D eigenvalue weighted by Crippen LogP contribution is 2.15. The van der Waals surface area contributed by atoms with Crippen LogP contribution in [0.1, 0.15) is 16.7 Å². The number of aryl methyl sites for hydroxylation is 1. The van der Waals surface area contributed by atoms with Gasteiger partial charge in [-0.2, -0.15) is 0 Å². The summed E-state index contributed by atoms with van der Waals surface area (Å²) in [7, 11) is -1.76. The first-order valence-electron chi connectivity index (χ1n) is 6.71. The van der Waals surface area contributed by atoms with E-state index in [0.29, 0.717) is 17.8 Å². The first-order chi connectivity index (χ1) is 9.87. The van der Waals surface area contributed by atoms with E-state index in [1.54, 1.807) is 31.3 Å². The summed E-state index contributed by atoms with van der Waals surface area (Å²) in [4.78, 5) is 0. The van der Waals surface area contributed by atoms with Gasteiger partial charge in [-0.15, -0.1) is 0 Å². The first kappa shape index (κ1) is 15.5. The molecule has 0 aromatic heterocycles. The second-order valence-electron chi connectivity index (χ2n) is 5.24. The Morgan fingerprint density at radius 1 is 1.05 bits per heavy atom. The van der Waals surface area contributed by atoms with E-state index in [1.807, 2.05) is 31.2 Å². The predicted octanol–water partition coefficient (Wildman–Crippen LogP) is 2.54. The largest absolute Gasteiger partial charge is 0.399 e. The standard InChI is InChI=1S/C16H20N2O2S/c1-13-6-8-14(9-7-13)11-18(2)21(19,20)12-15-4-3-5-16(17)10-15/h3-10H,11-12,17H2,1-2H3. The maximum absolute atomic E-state index is 12.4. The number of anilines is 1. The van der Waals surface area contributed by atoms with Crippen molar-refractivity contribution in [3.63, 3.8) is 0 Å². The van der Waals surface area contributed by atoms with Crippen molar-refractivity contribution >= 4 is 15.7 Å². The van der Waals surface area contributed by atoms with Gasteiger partial charge >= 0.3 is 0 Å². The molecule has 2 aromatic rings. The number of nitrogen functional groups attached to an aromatic ring is 1. The van der Waals surface area contributed by atoms with Crippen LogP contribution in [-0.4, -0.2) is 19.8 Å². The molecule has 21 heavy (non-hydrogen) atoms. The molecule has 0 atom stereocenters. The van der Waals surface area contributed by atoms with Crippen molar-refractivity contribution < 1.29 is 8.42 Å². The van der Waals surface area contributed by atoms with E-state index < -0.39 is 10.0 Å². The van der Waals surface area contributed by atoms with Crippen LogP contribution in [0.25, 0.3) is 0 Å². The van der Waals surface area contributed by atoms with Gasteiger partial charge in [0.2, 0.25) is 10.0 Å². The molecule has 2 N–H and O–H groups in total. The molecule has 0 saturated carbocycles. The molecule has 0 aliphatic heterocycles. The number of sulfonamides is 1. The van der Waals surface area contributed by atoms with Crippen LogP contribution in [0.3, 0.4) is 0 Å². The highest BCUT2D eigenvalue weighted by Gasteiger charge is 2.18. The fraction of sp³-hybridized carbons (Fsp3) is 0.250. The molecule has 0 aliphatic carbocycles. The Balaban J connectivity index is 2.09. The summed E-state index contributed by atoms with van der Waals surface area (Å²) in [5.74, 6) is -0.0413.